The SMILES string of the molecule is CN(CCOc1ccc(Cl)cc1)C(=O)c1ccc(Br)c(F)c1. The first-order valence-electron chi connectivity index (χ1n) is 6.56. The molecule has 3 nitrogen and oxygen atoms in total. The fourth-order valence-corrected chi connectivity index (χ4v) is 2.15. The molecule has 0 aliphatic carbocycles. The van der Waals surface area contributed by atoms with Gasteiger partial charge in [-0.3, -0.25) is 4.79 Å². The molecule has 0 bridgehead atoms. The summed E-state index contributed by atoms with van der Waals surface area (Å²) in [5, 5.41) is 0.636. The van der Waals surface area contributed by atoms with Gasteiger partial charge in [-0.15, -0.1) is 0 Å². The van der Waals surface area contributed by atoms with Gasteiger partial charge in [-0.2, -0.15) is 0 Å². The van der Waals surface area contributed by atoms with Crippen LogP contribution in [0.15, 0.2) is 46.9 Å². The number of amides is 1. The molecule has 0 aromatic heterocycles. The number of carbonyl (C=O) groups excluding carboxylic acids is 1. The first-order chi connectivity index (χ1) is 10.5. The van der Waals surface area contributed by atoms with E-state index in [4.69, 9.17) is 16.3 Å². The van der Waals surface area contributed by atoms with E-state index in [0.717, 1.165) is 0 Å². The normalized spacial score (nSPS) is 10.4. The Hall–Kier alpha value is -1.59. The van der Waals surface area contributed by atoms with Crippen molar-refractivity contribution in [2.45, 2.75) is 0 Å². The van der Waals surface area contributed by atoms with Crippen molar-refractivity contribution in [1.29, 1.82) is 0 Å². The van der Waals surface area contributed by atoms with Crippen LogP contribution < -0.4 is 4.74 Å². The Labute approximate surface area is 141 Å². The van der Waals surface area contributed by atoms with E-state index in [1.165, 1.54) is 17.0 Å². The number of benzene rings is 2. The third-order valence-corrected chi connectivity index (χ3v) is 3.92. The van der Waals surface area contributed by atoms with Crippen molar-refractivity contribution in [2.24, 2.45) is 0 Å². The number of hydrogen-bond acceptors (Lipinski definition) is 2. The monoisotopic (exact) mass is 385 g/mol. The number of ether oxygens (including phenoxy) is 1. The molecular weight excluding hydrogens is 373 g/mol. The minimum absolute atomic E-state index is 0.258. The van der Waals surface area contributed by atoms with Crippen LogP contribution in [-0.4, -0.2) is 31.0 Å². The summed E-state index contributed by atoms with van der Waals surface area (Å²) in [4.78, 5) is 13.7. The third-order valence-electron chi connectivity index (χ3n) is 3.02. The molecule has 0 spiro atoms. The van der Waals surface area contributed by atoms with E-state index in [9.17, 15) is 9.18 Å². The molecule has 0 aliphatic heterocycles. The molecule has 2 rings (SSSR count). The van der Waals surface area contributed by atoms with E-state index >= 15 is 0 Å². The summed E-state index contributed by atoms with van der Waals surface area (Å²) in [6.45, 7) is 0.724. The van der Waals surface area contributed by atoms with Gasteiger partial charge in [0.1, 0.15) is 18.2 Å². The number of nitrogens with zero attached hydrogens (tertiary/aromatic N) is 1. The molecule has 0 saturated carbocycles. The van der Waals surface area contributed by atoms with Crippen molar-refractivity contribution in [2.75, 3.05) is 20.2 Å². The van der Waals surface area contributed by atoms with Crippen LogP contribution in [0.5, 0.6) is 5.75 Å². The van der Waals surface area contributed by atoms with Crippen LogP contribution in [0, 0.1) is 5.82 Å². The Morgan fingerprint density at radius 1 is 1.27 bits per heavy atom. The maximum atomic E-state index is 13.5. The van der Waals surface area contributed by atoms with E-state index in [-0.39, 0.29) is 5.91 Å². The predicted octanol–water partition coefficient (Wildman–Crippen LogP) is 4.39. The zero-order valence-corrected chi connectivity index (χ0v) is 14.2. The Kier molecular flexibility index (Phi) is 5.80. The van der Waals surface area contributed by atoms with Crippen molar-refractivity contribution in [3.63, 3.8) is 0 Å². The predicted molar refractivity (Wildman–Crippen MR) is 88.0 cm³/mol. The molecule has 0 N–H and O–H groups in total. The quantitative estimate of drug-likeness (QED) is 0.762. The van der Waals surface area contributed by atoms with Crippen LogP contribution in [-0.2, 0) is 0 Å². The summed E-state index contributed by atoms with van der Waals surface area (Å²) in [7, 11) is 1.65. The highest BCUT2D eigenvalue weighted by Gasteiger charge is 2.13. The number of rotatable bonds is 5. The van der Waals surface area contributed by atoms with Crippen LogP contribution in [0.4, 0.5) is 4.39 Å². The van der Waals surface area contributed by atoms with Gasteiger partial charge in [0, 0.05) is 17.6 Å². The number of likely N-dealkylation sites (N-methyl/N-ethyl adjacent to an activating group) is 1. The van der Waals surface area contributed by atoms with Crippen LogP contribution >= 0.6 is 27.5 Å². The molecule has 116 valence electrons. The zero-order valence-electron chi connectivity index (χ0n) is 11.9. The molecule has 0 saturated heterocycles. The van der Waals surface area contributed by atoms with Gasteiger partial charge in [-0.05, 0) is 58.4 Å². The highest BCUT2D eigenvalue weighted by atomic mass is 79.9. The van der Waals surface area contributed by atoms with Crippen molar-refractivity contribution >= 4 is 33.4 Å². The Balaban J connectivity index is 1.88. The molecule has 6 heteroatoms. The summed E-state index contributed by atoms with van der Waals surface area (Å²) in [5.74, 6) is -0.0392. The van der Waals surface area contributed by atoms with Gasteiger partial charge < -0.3 is 9.64 Å². The van der Waals surface area contributed by atoms with Gasteiger partial charge in [0.05, 0.1) is 11.0 Å². The van der Waals surface area contributed by atoms with Crippen molar-refractivity contribution < 1.29 is 13.9 Å². The largest absolute Gasteiger partial charge is 0.492 e. The van der Waals surface area contributed by atoms with Crippen LogP contribution in [0.1, 0.15) is 10.4 Å². The lowest BCUT2D eigenvalue weighted by molar-refractivity contribution is 0.0773. The lowest BCUT2D eigenvalue weighted by Gasteiger charge is -2.17. The number of carbonyl (C=O) groups is 1. The molecule has 1 amide bonds. The van der Waals surface area contributed by atoms with E-state index < -0.39 is 5.82 Å². The Morgan fingerprint density at radius 3 is 2.59 bits per heavy atom. The van der Waals surface area contributed by atoms with Gasteiger partial charge >= 0.3 is 0 Å². The lowest BCUT2D eigenvalue weighted by atomic mass is 10.2. The number of hydrogen-bond donors (Lipinski definition) is 0. The minimum atomic E-state index is -0.461. The molecule has 0 fully saturated rings. The Morgan fingerprint density at radius 2 is 1.95 bits per heavy atom. The lowest BCUT2D eigenvalue weighted by Crippen LogP contribution is -2.30. The fraction of sp³-hybridized carbons (Fsp3) is 0.188. The highest BCUT2D eigenvalue weighted by molar-refractivity contribution is 9.10. The fourth-order valence-electron chi connectivity index (χ4n) is 1.78. The van der Waals surface area contributed by atoms with Gasteiger partial charge in [-0.1, -0.05) is 11.6 Å². The summed E-state index contributed by atoms with van der Waals surface area (Å²) in [6, 6.07) is 11.3. The van der Waals surface area contributed by atoms with E-state index in [2.05, 4.69) is 15.9 Å². The van der Waals surface area contributed by atoms with Gasteiger partial charge in [0.15, 0.2) is 0 Å². The van der Waals surface area contributed by atoms with Crippen LogP contribution in [0.2, 0.25) is 5.02 Å². The zero-order chi connectivity index (χ0) is 16.1. The highest BCUT2D eigenvalue weighted by Crippen LogP contribution is 2.18. The first kappa shape index (κ1) is 16.8. The summed E-state index contributed by atoms with van der Waals surface area (Å²) in [5.41, 5.74) is 0.301. The summed E-state index contributed by atoms with van der Waals surface area (Å²) in [6.07, 6.45) is 0. The first-order valence-corrected chi connectivity index (χ1v) is 7.73. The van der Waals surface area contributed by atoms with E-state index in [0.29, 0.717) is 34.0 Å². The minimum Gasteiger partial charge on any atom is -0.492 e. The molecule has 2 aromatic carbocycles. The average Bonchev–Trinajstić information content (AvgIpc) is 2.51. The maximum Gasteiger partial charge on any atom is 0.253 e. The van der Waals surface area contributed by atoms with Crippen molar-refractivity contribution in [3.05, 3.63) is 63.3 Å². The smallest absolute Gasteiger partial charge is 0.253 e. The number of halogens is 3. The summed E-state index contributed by atoms with van der Waals surface area (Å²) < 4.78 is 19.3. The van der Waals surface area contributed by atoms with Gasteiger partial charge in [0.2, 0.25) is 0 Å². The molecular formula is C16H14BrClFNO2. The molecule has 2 aromatic rings. The molecule has 0 radical (unpaired) electrons. The molecule has 0 atom stereocenters. The van der Waals surface area contributed by atoms with E-state index in [1.807, 2.05) is 0 Å². The van der Waals surface area contributed by atoms with Crippen LogP contribution in [0.25, 0.3) is 0 Å². The Bertz CT molecular complexity index is 664. The molecule has 0 aliphatic rings. The second-order valence-electron chi connectivity index (χ2n) is 4.66. The summed E-state index contributed by atoms with van der Waals surface area (Å²) >= 11 is 8.85. The second kappa shape index (κ2) is 7.61. The second-order valence-corrected chi connectivity index (χ2v) is 5.95. The van der Waals surface area contributed by atoms with Crippen LogP contribution in [0.3, 0.4) is 0 Å². The average molecular weight is 387 g/mol. The van der Waals surface area contributed by atoms with Gasteiger partial charge in [-0.25, -0.2) is 4.39 Å². The molecule has 22 heavy (non-hydrogen) atoms. The maximum absolute atomic E-state index is 13.5. The van der Waals surface area contributed by atoms with Gasteiger partial charge in [0.25, 0.3) is 5.91 Å². The van der Waals surface area contributed by atoms with Crippen molar-refractivity contribution in [3.8, 4) is 5.75 Å². The third kappa shape index (κ3) is 4.45. The topological polar surface area (TPSA) is 29.5 Å². The molecule has 0 heterocycles. The van der Waals surface area contributed by atoms with Crippen molar-refractivity contribution in [1.82, 2.24) is 4.90 Å². The molecule has 0 unspecified atom stereocenters. The van der Waals surface area contributed by atoms with E-state index in [1.54, 1.807) is 37.4 Å². The standard InChI is InChI=1S/C16H14BrClFNO2/c1-20(8-9-22-13-5-3-12(18)4-6-13)16(21)11-2-7-14(17)15(19)10-11/h2-7,10H,8-9H2,1H3.